The molecule has 2 aromatic rings. The number of para-hydroxylation sites is 1. The molecule has 0 aliphatic heterocycles. The Hall–Kier alpha value is -2.36. The van der Waals surface area contributed by atoms with Crippen molar-refractivity contribution in [1.29, 1.82) is 0 Å². The smallest absolute Gasteiger partial charge is 0.274 e. The minimum Gasteiger partial charge on any atom is -0.384 e. The van der Waals surface area contributed by atoms with Crippen LogP contribution in [0, 0.1) is 13.8 Å². The normalized spacial score (nSPS) is 10.3. The number of anilines is 2. The van der Waals surface area contributed by atoms with Crippen LogP contribution in [0.4, 0.5) is 11.4 Å². The van der Waals surface area contributed by atoms with Crippen molar-refractivity contribution in [2.24, 2.45) is 0 Å². The number of hydrogen-bond acceptors (Lipinski definition) is 3. The molecule has 0 atom stereocenters. The lowest BCUT2D eigenvalue weighted by atomic mass is 10.1. The van der Waals surface area contributed by atoms with Gasteiger partial charge >= 0.3 is 0 Å². The second-order valence-electron chi connectivity index (χ2n) is 5.43. The molecule has 0 fully saturated rings. The van der Waals surface area contributed by atoms with Gasteiger partial charge in [-0.2, -0.15) is 0 Å². The molecule has 22 heavy (non-hydrogen) atoms. The minimum absolute atomic E-state index is 0.183. The Balaban J connectivity index is 2.04. The molecule has 0 unspecified atom stereocenters. The third-order valence-corrected chi connectivity index (χ3v) is 3.58. The van der Waals surface area contributed by atoms with Crippen molar-refractivity contribution in [2.75, 3.05) is 17.2 Å². The molecule has 1 amide bonds. The van der Waals surface area contributed by atoms with Gasteiger partial charge in [-0.25, -0.2) is 4.98 Å². The zero-order valence-corrected chi connectivity index (χ0v) is 13.4. The molecule has 0 aliphatic carbocycles. The van der Waals surface area contributed by atoms with Crippen LogP contribution in [0.2, 0.25) is 0 Å². The van der Waals surface area contributed by atoms with Crippen molar-refractivity contribution in [3.8, 4) is 0 Å². The number of carbonyl (C=O) groups is 1. The summed E-state index contributed by atoms with van der Waals surface area (Å²) in [6.45, 7) is 7.04. The quantitative estimate of drug-likeness (QED) is 0.787. The Kier molecular flexibility index (Phi) is 5.53. The van der Waals surface area contributed by atoms with Gasteiger partial charge in [0.2, 0.25) is 0 Å². The molecule has 1 aromatic carbocycles. The largest absolute Gasteiger partial charge is 0.384 e. The van der Waals surface area contributed by atoms with Crippen LogP contribution < -0.4 is 10.6 Å². The van der Waals surface area contributed by atoms with Gasteiger partial charge in [0.25, 0.3) is 5.91 Å². The molecular weight excluding hydrogens is 274 g/mol. The molecule has 0 bridgehead atoms. The molecule has 1 heterocycles. The van der Waals surface area contributed by atoms with Crippen molar-refractivity contribution in [2.45, 2.75) is 33.6 Å². The van der Waals surface area contributed by atoms with E-state index < -0.39 is 0 Å². The van der Waals surface area contributed by atoms with Gasteiger partial charge in [0, 0.05) is 12.2 Å². The van der Waals surface area contributed by atoms with Gasteiger partial charge in [0.15, 0.2) is 0 Å². The van der Waals surface area contributed by atoms with E-state index in [4.69, 9.17) is 0 Å². The summed E-state index contributed by atoms with van der Waals surface area (Å²) in [6.07, 6.45) is 3.97. The fourth-order valence-corrected chi connectivity index (χ4v) is 2.23. The molecule has 4 heteroatoms. The maximum absolute atomic E-state index is 12.3. The predicted molar refractivity (Wildman–Crippen MR) is 91.5 cm³/mol. The van der Waals surface area contributed by atoms with Gasteiger partial charge in [-0.05, 0) is 43.5 Å². The van der Waals surface area contributed by atoms with E-state index in [2.05, 4.69) is 22.5 Å². The van der Waals surface area contributed by atoms with E-state index in [9.17, 15) is 4.79 Å². The highest BCUT2D eigenvalue weighted by molar-refractivity contribution is 6.03. The van der Waals surface area contributed by atoms with Gasteiger partial charge in [-0.15, -0.1) is 0 Å². The second-order valence-corrected chi connectivity index (χ2v) is 5.43. The first kappa shape index (κ1) is 16.0. The highest BCUT2D eigenvalue weighted by Gasteiger charge is 2.10. The molecule has 0 saturated heterocycles. The van der Waals surface area contributed by atoms with Gasteiger partial charge in [-0.3, -0.25) is 4.79 Å². The van der Waals surface area contributed by atoms with Crippen LogP contribution in [0.1, 0.15) is 41.4 Å². The van der Waals surface area contributed by atoms with E-state index in [1.165, 1.54) is 0 Å². The Bertz CT molecular complexity index is 615. The van der Waals surface area contributed by atoms with Crippen LogP contribution in [0.25, 0.3) is 0 Å². The molecule has 0 saturated carbocycles. The number of benzene rings is 1. The molecule has 2 N–H and O–H groups in total. The molecular formula is C18H23N3O. The molecule has 116 valence electrons. The van der Waals surface area contributed by atoms with E-state index in [1.54, 1.807) is 12.3 Å². The summed E-state index contributed by atoms with van der Waals surface area (Å²) in [4.78, 5) is 16.5. The Morgan fingerprint density at radius 2 is 1.86 bits per heavy atom. The lowest BCUT2D eigenvalue weighted by molar-refractivity contribution is 0.102. The topological polar surface area (TPSA) is 54.0 Å². The van der Waals surface area contributed by atoms with Crippen LogP contribution in [0.15, 0.2) is 36.5 Å². The highest BCUT2D eigenvalue weighted by Crippen LogP contribution is 2.20. The second kappa shape index (κ2) is 7.59. The Labute approximate surface area is 132 Å². The third-order valence-electron chi connectivity index (χ3n) is 3.58. The summed E-state index contributed by atoms with van der Waals surface area (Å²) < 4.78 is 0. The number of carbonyl (C=O) groups excluding carboxylic acids is 1. The number of hydrogen-bond donors (Lipinski definition) is 2. The Morgan fingerprint density at radius 1 is 1.14 bits per heavy atom. The van der Waals surface area contributed by atoms with Crippen LogP contribution in [0.5, 0.6) is 0 Å². The molecule has 1 aromatic heterocycles. The number of pyridine rings is 1. The highest BCUT2D eigenvalue weighted by atomic mass is 16.1. The lowest BCUT2D eigenvalue weighted by Gasteiger charge is -2.11. The number of nitrogens with zero attached hydrogens (tertiary/aromatic N) is 1. The summed E-state index contributed by atoms with van der Waals surface area (Å²) in [7, 11) is 0. The van der Waals surface area contributed by atoms with Gasteiger partial charge in [0.05, 0.1) is 11.9 Å². The van der Waals surface area contributed by atoms with Gasteiger partial charge in [0.1, 0.15) is 5.69 Å². The fraction of sp³-hybridized carbons (Fsp3) is 0.333. The van der Waals surface area contributed by atoms with Crippen molar-refractivity contribution >= 4 is 17.3 Å². The van der Waals surface area contributed by atoms with Crippen LogP contribution >= 0.6 is 0 Å². The summed E-state index contributed by atoms with van der Waals surface area (Å²) in [5.74, 6) is -0.183. The van der Waals surface area contributed by atoms with E-state index >= 15 is 0 Å². The minimum atomic E-state index is -0.183. The number of aryl methyl sites for hydroxylation is 2. The van der Waals surface area contributed by atoms with Gasteiger partial charge < -0.3 is 10.6 Å². The van der Waals surface area contributed by atoms with E-state index in [0.717, 1.165) is 41.9 Å². The van der Waals surface area contributed by atoms with Crippen molar-refractivity contribution in [1.82, 2.24) is 4.98 Å². The molecule has 2 rings (SSSR count). The van der Waals surface area contributed by atoms with Gasteiger partial charge in [-0.1, -0.05) is 31.5 Å². The number of aromatic nitrogens is 1. The Morgan fingerprint density at radius 3 is 2.45 bits per heavy atom. The number of rotatable bonds is 6. The molecule has 4 nitrogen and oxygen atoms in total. The molecule has 0 aliphatic rings. The zero-order valence-electron chi connectivity index (χ0n) is 13.4. The molecule has 0 radical (unpaired) electrons. The lowest BCUT2D eigenvalue weighted by Crippen LogP contribution is -2.15. The SMILES string of the molecule is CCCCNc1ccc(C(=O)Nc2c(C)cccc2C)nc1. The first-order valence-corrected chi connectivity index (χ1v) is 7.69. The average Bonchev–Trinajstić information content (AvgIpc) is 2.52. The first-order valence-electron chi connectivity index (χ1n) is 7.69. The molecule has 0 spiro atoms. The van der Waals surface area contributed by atoms with Crippen molar-refractivity contribution in [3.05, 3.63) is 53.3 Å². The summed E-state index contributed by atoms with van der Waals surface area (Å²) in [6, 6.07) is 9.59. The summed E-state index contributed by atoms with van der Waals surface area (Å²) >= 11 is 0. The maximum Gasteiger partial charge on any atom is 0.274 e. The average molecular weight is 297 g/mol. The van der Waals surface area contributed by atoms with Crippen LogP contribution in [-0.4, -0.2) is 17.4 Å². The standard InChI is InChI=1S/C18H23N3O/c1-4-5-11-19-15-9-10-16(20-12-15)18(22)21-17-13(2)7-6-8-14(17)3/h6-10,12,19H,4-5,11H2,1-3H3,(H,21,22). The number of nitrogens with one attached hydrogen (secondary N) is 2. The van der Waals surface area contributed by atoms with E-state index in [-0.39, 0.29) is 5.91 Å². The predicted octanol–water partition coefficient (Wildman–Crippen LogP) is 4.16. The van der Waals surface area contributed by atoms with Crippen LogP contribution in [0.3, 0.4) is 0 Å². The number of unbranched alkanes of at least 4 members (excludes halogenated alkanes) is 1. The van der Waals surface area contributed by atoms with E-state index in [1.807, 2.05) is 38.1 Å². The summed E-state index contributed by atoms with van der Waals surface area (Å²) in [5, 5.41) is 6.23. The van der Waals surface area contributed by atoms with Crippen molar-refractivity contribution in [3.63, 3.8) is 0 Å². The summed E-state index contributed by atoms with van der Waals surface area (Å²) in [5.41, 5.74) is 4.32. The maximum atomic E-state index is 12.3. The monoisotopic (exact) mass is 297 g/mol. The van der Waals surface area contributed by atoms with Crippen molar-refractivity contribution < 1.29 is 4.79 Å². The van der Waals surface area contributed by atoms with Crippen LogP contribution in [-0.2, 0) is 0 Å². The fourth-order valence-electron chi connectivity index (χ4n) is 2.23. The van der Waals surface area contributed by atoms with E-state index in [0.29, 0.717) is 5.69 Å². The zero-order chi connectivity index (χ0) is 15.9. The number of amides is 1. The third kappa shape index (κ3) is 4.07. The first-order chi connectivity index (χ1) is 10.6.